The Morgan fingerprint density at radius 3 is 2.40 bits per heavy atom. The Morgan fingerprint density at radius 1 is 1.24 bits per heavy atom. The summed E-state index contributed by atoms with van der Waals surface area (Å²) in [6, 6.07) is 9.72. The first-order valence-electron chi connectivity index (χ1n) is 7.51. The third-order valence-corrected chi connectivity index (χ3v) is 3.56. The molecule has 25 heavy (non-hydrogen) atoms. The van der Waals surface area contributed by atoms with Gasteiger partial charge in [-0.25, -0.2) is 4.79 Å². The summed E-state index contributed by atoms with van der Waals surface area (Å²) in [5.74, 6) is -1.36. The molecule has 2 aromatic rings. The summed E-state index contributed by atoms with van der Waals surface area (Å²) in [6.45, 7) is 2.85. The second-order valence-corrected chi connectivity index (χ2v) is 5.51. The highest BCUT2D eigenvalue weighted by Crippen LogP contribution is 2.13. The third-order valence-electron chi connectivity index (χ3n) is 3.56. The number of esters is 1. The van der Waals surface area contributed by atoms with Crippen molar-refractivity contribution in [3.8, 4) is 6.07 Å². The van der Waals surface area contributed by atoms with E-state index in [2.05, 4.69) is 5.32 Å². The minimum Gasteiger partial charge on any atom is -0.448 e. The van der Waals surface area contributed by atoms with Gasteiger partial charge in [-0.3, -0.25) is 9.59 Å². The molecule has 2 rings (SSSR count). The SMILES string of the molecule is CC(=O)c1cc(C(=O)O[C@@H](C)C(=O)Nc2ccc(C#N)cc2)n(C)c1. The van der Waals surface area contributed by atoms with E-state index in [0.717, 1.165) is 0 Å². The summed E-state index contributed by atoms with van der Waals surface area (Å²) >= 11 is 0. The topological polar surface area (TPSA) is 101 Å². The van der Waals surface area contributed by atoms with Crippen LogP contribution in [0.5, 0.6) is 0 Å². The number of hydrogen-bond acceptors (Lipinski definition) is 5. The van der Waals surface area contributed by atoms with E-state index in [9.17, 15) is 14.4 Å². The lowest BCUT2D eigenvalue weighted by Gasteiger charge is -2.13. The van der Waals surface area contributed by atoms with Gasteiger partial charge in [0.25, 0.3) is 5.91 Å². The van der Waals surface area contributed by atoms with Gasteiger partial charge in [-0.05, 0) is 44.2 Å². The van der Waals surface area contributed by atoms with Crippen molar-refractivity contribution in [1.82, 2.24) is 4.57 Å². The second-order valence-electron chi connectivity index (χ2n) is 5.51. The van der Waals surface area contributed by atoms with E-state index in [-0.39, 0.29) is 11.5 Å². The molecule has 1 atom stereocenters. The van der Waals surface area contributed by atoms with Gasteiger partial charge in [0.15, 0.2) is 11.9 Å². The summed E-state index contributed by atoms with van der Waals surface area (Å²) < 4.78 is 6.63. The van der Waals surface area contributed by atoms with Gasteiger partial charge in [-0.2, -0.15) is 5.26 Å². The minimum atomic E-state index is -1.03. The number of ketones is 1. The van der Waals surface area contributed by atoms with Crippen molar-refractivity contribution in [2.45, 2.75) is 20.0 Å². The molecule has 0 aliphatic rings. The number of nitrogens with zero attached hydrogens (tertiary/aromatic N) is 2. The van der Waals surface area contributed by atoms with Crippen LogP contribution in [0.15, 0.2) is 36.5 Å². The summed E-state index contributed by atoms with van der Waals surface area (Å²) in [7, 11) is 1.62. The number of rotatable bonds is 5. The van der Waals surface area contributed by atoms with E-state index < -0.39 is 18.0 Å². The monoisotopic (exact) mass is 339 g/mol. The van der Waals surface area contributed by atoms with Crippen LogP contribution in [0.2, 0.25) is 0 Å². The Bertz CT molecular complexity index is 859. The van der Waals surface area contributed by atoms with Crippen molar-refractivity contribution in [3.63, 3.8) is 0 Å². The quantitative estimate of drug-likeness (QED) is 0.665. The van der Waals surface area contributed by atoms with E-state index in [0.29, 0.717) is 16.8 Å². The van der Waals surface area contributed by atoms with E-state index >= 15 is 0 Å². The number of ether oxygens (including phenoxy) is 1. The molecule has 0 aliphatic carbocycles. The standard InChI is InChI=1S/C18H17N3O4/c1-11(22)14-8-16(21(3)10-14)18(24)25-12(2)17(23)20-15-6-4-13(9-19)5-7-15/h4-8,10,12H,1-3H3,(H,20,23)/t12-/m0/s1. The maximum Gasteiger partial charge on any atom is 0.355 e. The van der Waals surface area contributed by atoms with Crippen molar-refractivity contribution >= 4 is 23.3 Å². The third kappa shape index (κ3) is 4.32. The fourth-order valence-electron chi connectivity index (χ4n) is 2.11. The van der Waals surface area contributed by atoms with Crippen LogP contribution in [0.3, 0.4) is 0 Å². The number of carbonyl (C=O) groups excluding carboxylic acids is 3. The van der Waals surface area contributed by atoms with Gasteiger partial charge >= 0.3 is 5.97 Å². The van der Waals surface area contributed by atoms with Crippen LogP contribution in [0, 0.1) is 11.3 Å². The molecule has 0 saturated heterocycles. The molecule has 7 heteroatoms. The first-order chi connectivity index (χ1) is 11.8. The first-order valence-corrected chi connectivity index (χ1v) is 7.51. The molecule has 0 saturated carbocycles. The molecular formula is C18H17N3O4. The highest BCUT2D eigenvalue weighted by atomic mass is 16.5. The predicted molar refractivity (Wildman–Crippen MR) is 90.1 cm³/mol. The lowest BCUT2D eigenvalue weighted by Crippen LogP contribution is -2.30. The molecular weight excluding hydrogens is 322 g/mol. The maximum atomic E-state index is 12.2. The average Bonchev–Trinajstić information content (AvgIpc) is 2.97. The zero-order chi connectivity index (χ0) is 18.6. The van der Waals surface area contributed by atoms with Crippen LogP contribution >= 0.6 is 0 Å². The molecule has 1 aromatic carbocycles. The Morgan fingerprint density at radius 2 is 1.88 bits per heavy atom. The highest BCUT2D eigenvalue weighted by molar-refractivity contribution is 5.99. The molecule has 0 unspecified atom stereocenters. The number of nitrogens with one attached hydrogen (secondary N) is 1. The molecule has 1 N–H and O–H groups in total. The number of Topliss-reactive ketones (excluding diaryl/α,β-unsaturated/α-hetero) is 1. The molecule has 128 valence electrons. The lowest BCUT2D eigenvalue weighted by molar-refractivity contribution is -0.123. The van der Waals surface area contributed by atoms with Gasteiger partial charge in [-0.1, -0.05) is 0 Å². The zero-order valence-corrected chi connectivity index (χ0v) is 14.1. The molecule has 1 aromatic heterocycles. The normalized spacial score (nSPS) is 11.3. The van der Waals surface area contributed by atoms with Gasteiger partial charge in [0.2, 0.25) is 0 Å². The smallest absolute Gasteiger partial charge is 0.355 e. The summed E-state index contributed by atoms with van der Waals surface area (Å²) in [4.78, 5) is 35.7. The molecule has 7 nitrogen and oxygen atoms in total. The van der Waals surface area contributed by atoms with Crippen molar-refractivity contribution in [2.75, 3.05) is 5.32 Å². The van der Waals surface area contributed by atoms with E-state index in [1.54, 1.807) is 31.3 Å². The summed E-state index contributed by atoms with van der Waals surface area (Å²) in [5, 5.41) is 11.3. The van der Waals surface area contributed by atoms with Gasteiger partial charge < -0.3 is 14.6 Å². The second kappa shape index (κ2) is 7.45. The van der Waals surface area contributed by atoms with Crippen LogP contribution < -0.4 is 5.32 Å². The number of anilines is 1. The van der Waals surface area contributed by atoms with Crippen molar-refractivity contribution in [3.05, 3.63) is 53.3 Å². The Kier molecular flexibility index (Phi) is 5.35. The maximum absolute atomic E-state index is 12.2. The number of benzene rings is 1. The summed E-state index contributed by atoms with van der Waals surface area (Å²) in [5.41, 5.74) is 1.54. The first kappa shape index (κ1) is 17.9. The number of aryl methyl sites for hydroxylation is 1. The average molecular weight is 339 g/mol. The zero-order valence-electron chi connectivity index (χ0n) is 14.1. The Hall–Kier alpha value is -3.40. The number of carbonyl (C=O) groups is 3. The number of nitriles is 1. The number of amides is 1. The molecule has 1 heterocycles. The van der Waals surface area contributed by atoms with E-state index in [1.807, 2.05) is 6.07 Å². The summed E-state index contributed by atoms with van der Waals surface area (Å²) in [6.07, 6.45) is 0.499. The highest BCUT2D eigenvalue weighted by Gasteiger charge is 2.22. The van der Waals surface area contributed by atoms with Gasteiger partial charge in [-0.15, -0.1) is 0 Å². The Balaban J connectivity index is 2.01. The molecule has 0 aliphatic heterocycles. The van der Waals surface area contributed by atoms with Crippen LogP contribution in [0.25, 0.3) is 0 Å². The van der Waals surface area contributed by atoms with E-state index in [4.69, 9.17) is 10.00 Å². The lowest BCUT2D eigenvalue weighted by atomic mass is 10.2. The molecule has 0 fully saturated rings. The number of hydrogen-bond donors (Lipinski definition) is 1. The van der Waals surface area contributed by atoms with Gasteiger partial charge in [0, 0.05) is 24.5 Å². The van der Waals surface area contributed by atoms with Crippen LogP contribution in [0.4, 0.5) is 5.69 Å². The van der Waals surface area contributed by atoms with Gasteiger partial charge in [0.05, 0.1) is 11.6 Å². The van der Waals surface area contributed by atoms with Crippen LogP contribution in [0.1, 0.15) is 40.3 Å². The molecule has 0 radical (unpaired) electrons. The van der Waals surface area contributed by atoms with Crippen molar-refractivity contribution in [2.24, 2.45) is 7.05 Å². The van der Waals surface area contributed by atoms with Crippen molar-refractivity contribution < 1.29 is 19.1 Å². The number of aromatic nitrogens is 1. The molecule has 1 amide bonds. The largest absolute Gasteiger partial charge is 0.448 e. The predicted octanol–water partition coefficient (Wildman–Crippen LogP) is 2.28. The molecule has 0 bridgehead atoms. The van der Waals surface area contributed by atoms with Crippen molar-refractivity contribution in [1.29, 1.82) is 5.26 Å². The van der Waals surface area contributed by atoms with E-state index in [1.165, 1.54) is 30.7 Å². The van der Waals surface area contributed by atoms with Crippen LogP contribution in [-0.4, -0.2) is 28.3 Å². The van der Waals surface area contributed by atoms with Gasteiger partial charge in [0.1, 0.15) is 5.69 Å². The fourth-order valence-corrected chi connectivity index (χ4v) is 2.11. The Labute approximate surface area is 144 Å². The molecule has 0 spiro atoms. The van der Waals surface area contributed by atoms with Crippen LogP contribution in [-0.2, 0) is 16.6 Å². The fraction of sp³-hybridized carbons (Fsp3) is 0.222. The minimum absolute atomic E-state index is 0.166.